The third kappa shape index (κ3) is 0.871. The minimum absolute atomic E-state index is 0.736. The standard InChI is InChI=1S/C5H3OS/c6-4-5-2-1-3-7-5/h2-4H. The molecule has 1 nitrogen and oxygen atoms in total. The van der Waals surface area contributed by atoms with Crippen LogP contribution in [0.1, 0.15) is 9.67 Å². The highest BCUT2D eigenvalue weighted by atomic mass is 32.1. The first-order valence-electron chi connectivity index (χ1n) is 1.83. The van der Waals surface area contributed by atoms with Crippen molar-refractivity contribution in [1.82, 2.24) is 0 Å². The molecule has 1 aromatic heterocycles. The fraction of sp³-hybridized carbons (Fsp3) is 0. The van der Waals surface area contributed by atoms with Crippen LogP contribution >= 0.6 is 11.3 Å². The summed E-state index contributed by atoms with van der Waals surface area (Å²) in [5, 5.41) is 1.75. The lowest BCUT2D eigenvalue weighted by molar-refractivity contribution is 0.112. The van der Waals surface area contributed by atoms with Gasteiger partial charge in [-0.05, 0) is 17.5 Å². The van der Waals surface area contributed by atoms with Gasteiger partial charge in [0.05, 0.1) is 4.88 Å². The molecule has 1 heterocycles. The Morgan fingerprint density at radius 1 is 1.86 bits per heavy atom. The van der Waals surface area contributed by atoms with E-state index in [0.717, 1.165) is 11.2 Å². The quantitative estimate of drug-likeness (QED) is 0.500. The molecular formula is C5H3OS. The highest BCUT2D eigenvalue weighted by molar-refractivity contribution is 7.11. The number of carbonyl (C=O) groups excluding carboxylic acids is 1. The molecule has 0 N–H and O–H groups in total. The van der Waals surface area contributed by atoms with Gasteiger partial charge in [0.15, 0.2) is 6.29 Å². The zero-order chi connectivity index (χ0) is 5.11. The molecule has 1 aromatic rings. The van der Waals surface area contributed by atoms with Crippen molar-refractivity contribution in [3.05, 3.63) is 22.4 Å². The van der Waals surface area contributed by atoms with Gasteiger partial charge in [0.1, 0.15) is 0 Å². The summed E-state index contributed by atoms with van der Waals surface area (Å²) in [6.07, 6.45) is 0.821. The number of rotatable bonds is 1. The minimum Gasteiger partial charge on any atom is -0.297 e. The van der Waals surface area contributed by atoms with E-state index in [2.05, 4.69) is 6.07 Å². The summed E-state index contributed by atoms with van der Waals surface area (Å²) in [6, 6.07) is 4.43. The average Bonchev–Trinajstić information content (AvgIpc) is 2.14. The number of hydrogen-bond donors (Lipinski definition) is 0. The summed E-state index contributed by atoms with van der Waals surface area (Å²) in [6.45, 7) is 0. The monoisotopic (exact) mass is 111 g/mol. The van der Waals surface area contributed by atoms with Crippen molar-refractivity contribution in [3.8, 4) is 0 Å². The van der Waals surface area contributed by atoms with Gasteiger partial charge in [0.25, 0.3) is 0 Å². The average molecular weight is 111 g/mol. The molecule has 0 bridgehead atoms. The van der Waals surface area contributed by atoms with Crippen LogP contribution in [-0.2, 0) is 0 Å². The molecule has 0 fully saturated rings. The zero-order valence-corrected chi connectivity index (χ0v) is 4.37. The van der Waals surface area contributed by atoms with Crippen LogP contribution in [-0.4, -0.2) is 6.29 Å². The van der Waals surface area contributed by atoms with Gasteiger partial charge in [-0.1, -0.05) is 0 Å². The summed E-state index contributed by atoms with van der Waals surface area (Å²) in [5.41, 5.74) is 0. The third-order valence-electron chi connectivity index (χ3n) is 0.605. The first-order valence-corrected chi connectivity index (χ1v) is 2.71. The van der Waals surface area contributed by atoms with E-state index < -0.39 is 0 Å². The topological polar surface area (TPSA) is 17.1 Å². The molecule has 0 saturated heterocycles. The lowest BCUT2D eigenvalue weighted by atomic mass is 10.5. The predicted octanol–water partition coefficient (Wildman–Crippen LogP) is 1.36. The number of carbonyl (C=O) groups is 1. The first-order chi connectivity index (χ1) is 3.43. The van der Waals surface area contributed by atoms with Crippen molar-refractivity contribution in [2.45, 2.75) is 0 Å². The maximum atomic E-state index is 9.86. The molecule has 0 aliphatic rings. The Kier molecular flexibility index (Phi) is 1.22. The van der Waals surface area contributed by atoms with E-state index >= 15 is 0 Å². The van der Waals surface area contributed by atoms with Crippen molar-refractivity contribution in [3.63, 3.8) is 0 Å². The Hall–Kier alpha value is -0.630. The predicted molar refractivity (Wildman–Crippen MR) is 28.5 cm³/mol. The van der Waals surface area contributed by atoms with Gasteiger partial charge in [-0.3, -0.25) is 4.79 Å². The van der Waals surface area contributed by atoms with Crippen LogP contribution in [0.15, 0.2) is 11.4 Å². The Morgan fingerprint density at radius 3 is 3.00 bits per heavy atom. The summed E-state index contributed by atoms with van der Waals surface area (Å²) < 4.78 is 0. The maximum absolute atomic E-state index is 9.86. The van der Waals surface area contributed by atoms with E-state index in [4.69, 9.17) is 0 Å². The summed E-state index contributed by atoms with van der Waals surface area (Å²) in [4.78, 5) is 10.6. The molecule has 0 atom stereocenters. The van der Waals surface area contributed by atoms with E-state index in [1.807, 2.05) is 0 Å². The lowest BCUT2D eigenvalue weighted by Crippen LogP contribution is -1.61. The Bertz CT molecular complexity index is 143. The minimum atomic E-state index is 0.736. The molecule has 0 aliphatic carbocycles. The van der Waals surface area contributed by atoms with E-state index in [1.54, 1.807) is 11.4 Å². The Balaban J connectivity index is 2.96. The molecule has 1 rings (SSSR count). The molecule has 0 aromatic carbocycles. The van der Waals surface area contributed by atoms with Gasteiger partial charge in [-0.25, -0.2) is 0 Å². The zero-order valence-electron chi connectivity index (χ0n) is 3.55. The summed E-state index contributed by atoms with van der Waals surface area (Å²) >= 11 is 1.40. The number of thiophene rings is 1. The second-order valence-corrected chi connectivity index (χ2v) is 2.01. The highest BCUT2D eigenvalue weighted by Gasteiger charge is 1.83. The van der Waals surface area contributed by atoms with Crippen LogP contribution < -0.4 is 0 Å². The van der Waals surface area contributed by atoms with Gasteiger partial charge in [-0.15, -0.1) is 11.3 Å². The molecule has 0 aliphatic heterocycles. The Labute approximate surface area is 45.6 Å². The van der Waals surface area contributed by atoms with Crippen LogP contribution in [0.4, 0.5) is 0 Å². The smallest absolute Gasteiger partial charge is 0.160 e. The van der Waals surface area contributed by atoms with Crippen LogP contribution in [0, 0.1) is 6.07 Å². The van der Waals surface area contributed by atoms with Gasteiger partial charge < -0.3 is 0 Å². The second kappa shape index (κ2) is 1.89. The molecule has 0 saturated carbocycles. The molecule has 0 spiro atoms. The largest absolute Gasteiger partial charge is 0.297 e. The number of hydrogen-bond acceptors (Lipinski definition) is 2. The Morgan fingerprint density at radius 2 is 2.71 bits per heavy atom. The lowest BCUT2D eigenvalue weighted by Gasteiger charge is -1.65. The van der Waals surface area contributed by atoms with Gasteiger partial charge in [0.2, 0.25) is 0 Å². The fourth-order valence-corrected chi connectivity index (χ4v) is 0.778. The van der Waals surface area contributed by atoms with Crippen molar-refractivity contribution < 1.29 is 4.79 Å². The fourth-order valence-electron chi connectivity index (χ4n) is 0.314. The van der Waals surface area contributed by atoms with Crippen LogP contribution in [0.3, 0.4) is 0 Å². The SMILES string of the molecule is O=Cc1c[c]cs1. The van der Waals surface area contributed by atoms with E-state index in [0.29, 0.717) is 0 Å². The van der Waals surface area contributed by atoms with Crippen molar-refractivity contribution in [1.29, 1.82) is 0 Å². The van der Waals surface area contributed by atoms with Crippen LogP contribution in [0.25, 0.3) is 0 Å². The van der Waals surface area contributed by atoms with E-state index in [-0.39, 0.29) is 0 Å². The third-order valence-corrected chi connectivity index (χ3v) is 1.34. The highest BCUT2D eigenvalue weighted by Crippen LogP contribution is 2.02. The molecule has 35 valence electrons. The van der Waals surface area contributed by atoms with Gasteiger partial charge >= 0.3 is 0 Å². The molecular weight excluding hydrogens is 108 g/mol. The first kappa shape index (κ1) is 4.53. The van der Waals surface area contributed by atoms with Gasteiger partial charge in [0, 0.05) is 0 Å². The molecule has 7 heavy (non-hydrogen) atoms. The van der Waals surface area contributed by atoms with Crippen LogP contribution in [0.2, 0.25) is 0 Å². The normalized spacial score (nSPS) is 8.57. The van der Waals surface area contributed by atoms with Crippen LogP contribution in [0.5, 0.6) is 0 Å². The number of aldehydes is 1. The maximum Gasteiger partial charge on any atom is 0.160 e. The molecule has 0 amide bonds. The molecule has 0 unspecified atom stereocenters. The molecule has 2 heteroatoms. The van der Waals surface area contributed by atoms with E-state index in [9.17, 15) is 4.79 Å². The van der Waals surface area contributed by atoms with E-state index in [1.165, 1.54) is 11.3 Å². The van der Waals surface area contributed by atoms with Crippen molar-refractivity contribution >= 4 is 17.6 Å². The van der Waals surface area contributed by atoms with Gasteiger partial charge in [-0.2, -0.15) is 0 Å². The summed E-state index contributed by atoms with van der Waals surface area (Å²) in [5.74, 6) is 0. The van der Waals surface area contributed by atoms with Crippen molar-refractivity contribution in [2.75, 3.05) is 0 Å². The summed E-state index contributed by atoms with van der Waals surface area (Å²) in [7, 11) is 0. The molecule has 1 radical (unpaired) electrons. The van der Waals surface area contributed by atoms with Crippen molar-refractivity contribution in [2.24, 2.45) is 0 Å². The second-order valence-electron chi connectivity index (χ2n) is 1.07.